The lowest BCUT2D eigenvalue weighted by Crippen LogP contribution is -2.08. The van der Waals surface area contributed by atoms with Gasteiger partial charge in [0.2, 0.25) is 5.91 Å². The van der Waals surface area contributed by atoms with Crippen molar-refractivity contribution in [1.82, 2.24) is 15.2 Å². The largest absolute Gasteiger partial charge is 0.478 e. The molecule has 0 saturated carbocycles. The molecule has 102 valence electrons. The fraction of sp³-hybridized carbons (Fsp3) is 0. The first-order valence-corrected chi connectivity index (χ1v) is 6.30. The van der Waals surface area contributed by atoms with E-state index in [0.717, 1.165) is 17.0 Å². The summed E-state index contributed by atoms with van der Waals surface area (Å²) in [4.78, 5) is 26.6. The van der Waals surface area contributed by atoms with Crippen molar-refractivity contribution in [3.8, 4) is 0 Å². The quantitative estimate of drug-likeness (QED) is 0.721. The van der Waals surface area contributed by atoms with Crippen LogP contribution in [0.3, 0.4) is 0 Å². The summed E-state index contributed by atoms with van der Waals surface area (Å²) in [7, 11) is 0. The third kappa shape index (κ3) is 4.25. The molecule has 1 heterocycles. The number of H-pyrrole nitrogens is 1. The minimum absolute atomic E-state index is 0.497. The molecule has 2 aromatic rings. The van der Waals surface area contributed by atoms with Gasteiger partial charge in [-0.1, -0.05) is 11.8 Å². The summed E-state index contributed by atoms with van der Waals surface area (Å²) in [5.41, 5.74) is 0.576. The Morgan fingerprint density at radius 3 is 2.60 bits per heavy atom. The summed E-state index contributed by atoms with van der Waals surface area (Å²) in [6, 6.07) is 7.05. The van der Waals surface area contributed by atoms with Gasteiger partial charge in [-0.15, -0.1) is 0 Å². The maximum Gasteiger partial charge on any atom is 0.328 e. The van der Waals surface area contributed by atoms with Crippen LogP contribution >= 0.6 is 11.8 Å². The highest BCUT2D eigenvalue weighted by Gasteiger charge is 2.02. The molecule has 0 bridgehead atoms. The van der Waals surface area contributed by atoms with Crippen molar-refractivity contribution in [3.05, 3.63) is 42.7 Å². The van der Waals surface area contributed by atoms with Crippen LogP contribution in [-0.2, 0) is 9.59 Å². The molecule has 0 aliphatic carbocycles. The van der Waals surface area contributed by atoms with Gasteiger partial charge in [-0.25, -0.2) is 9.78 Å². The van der Waals surface area contributed by atoms with Crippen molar-refractivity contribution >= 4 is 29.3 Å². The van der Waals surface area contributed by atoms with Crippen molar-refractivity contribution in [1.29, 1.82) is 0 Å². The zero-order chi connectivity index (χ0) is 14.4. The highest BCUT2D eigenvalue weighted by atomic mass is 32.2. The zero-order valence-electron chi connectivity index (χ0n) is 10.1. The van der Waals surface area contributed by atoms with Crippen molar-refractivity contribution in [2.75, 3.05) is 5.32 Å². The number of carbonyl (C=O) groups excluding carboxylic acids is 1. The first-order chi connectivity index (χ1) is 9.63. The molecule has 0 aliphatic heterocycles. The number of hydrogen-bond acceptors (Lipinski definition) is 5. The highest BCUT2D eigenvalue weighted by Crippen LogP contribution is 2.25. The van der Waals surface area contributed by atoms with Crippen LogP contribution in [-0.4, -0.2) is 32.2 Å². The molecule has 1 aromatic carbocycles. The molecule has 1 amide bonds. The second kappa shape index (κ2) is 6.53. The number of carboxylic acids is 1. The Labute approximate surface area is 118 Å². The van der Waals surface area contributed by atoms with E-state index in [1.165, 1.54) is 18.1 Å². The molecule has 0 radical (unpaired) electrons. The van der Waals surface area contributed by atoms with Crippen LogP contribution in [0.15, 0.2) is 52.8 Å². The fourth-order valence-corrected chi connectivity index (χ4v) is 1.99. The van der Waals surface area contributed by atoms with Crippen molar-refractivity contribution < 1.29 is 14.7 Å². The average molecular weight is 290 g/mol. The van der Waals surface area contributed by atoms with Gasteiger partial charge in [0.25, 0.3) is 0 Å². The van der Waals surface area contributed by atoms with E-state index in [1.54, 1.807) is 12.1 Å². The minimum atomic E-state index is -1.17. The van der Waals surface area contributed by atoms with Crippen molar-refractivity contribution in [2.24, 2.45) is 0 Å². The van der Waals surface area contributed by atoms with Gasteiger partial charge < -0.3 is 10.4 Å². The summed E-state index contributed by atoms with van der Waals surface area (Å²) in [5, 5.41) is 18.1. The lowest BCUT2D eigenvalue weighted by molar-refractivity contribution is -0.131. The number of nitrogens with zero attached hydrogens (tertiary/aromatic N) is 2. The van der Waals surface area contributed by atoms with Gasteiger partial charge in [-0.2, -0.15) is 5.10 Å². The van der Waals surface area contributed by atoms with Crippen LogP contribution in [0, 0.1) is 0 Å². The zero-order valence-corrected chi connectivity index (χ0v) is 10.9. The summed E-state index contributed by atoms with van der Waals surface area (Å²) in [6.07, 6.45) is 3.16. The van der Waals surface area contributed by atoms with E-state index >= 15 is 0 Å². The number of nitrogens with one attached hydrogen (secondary N) is 2. The number of benzene rings is 1. The second-order valence-corrected chi connectivity index (χ2v) is 4.64. The lowest BCUT2D eigenvalue weighted by Gasteiger charge is -2.03. The van der Waals surface area contributed by atoms with Gasteiger partial charge in [0.15, 0.2) is 5.16 Å². The number of anilines is 1. The van der Waals surface area contributed by atoms with E-state index in [9.17, 15) is 9.59 Å². The molecule has 20 heavy (non-hydrogen) atoms. The molecule has 3 N–H and O–H groups in total. The Morgan fingerprint density at radius 1 is 1.25 bits per heavy atom. The monoisotopic (exact) mass is 290 g/mol. The van der Waals surface area contributed by atoms with Gasteiger partial charge in [-0.3, -0.25) is 9.89 Å². The van der Waals surface area contributed by atoms with Gasteiger partial charge in [0.1, 0.15) is 6.33 Å². The minimum Gasteiger partial charge on any atom is -0.478 e. The second-order valence-electron chi connectivity index (χ2n) is 3.58. The Hall–Kier alpha value is -2.61. The van der Waals surface area contributed by atoms with Gasteiger partial charge >= 0.3 is 5.97 Å². The van der Waals surface area contributed by atoms with E-state index in [1.807, 2.05) is 12.1 Å². The van der Waals surface area contributed by atoms with Gasteiger partial charge in [-0.05, 0) is 24.3 Å². The third-order valence-corrected chi connectivity index (χ3v) is 3.00. The molecular formula is C12H10N4O3S. The fourth-order valence-electron chi connectivity index (χ4n) is 1.29. The van der Waals surface area contributed by atoms with E-state index < -0.39 is 11.9 Å². The molecule has 7 nitrogen and oxygen atoms in total. The lowest BCUT2D eigenvalue weighted by atomic mass is 10.3. The Bertz CT molecular complexity index is 623. The summed E-state index contributed by atoms with van der Waals surface area (Å²) in [6.45, 7) is 0. The Kier molecular flexibility index (Phi) is 4.51. The third-order valence-electron chi connectivity index (χ3n) is 2.11. The molecule has 0 fully saturated rings. The number of aromatic nitrogens is 3. The van der Waals surface area contributed by atoms with Crippen LogP contribution in [0.1, 0.15) is 0 Å². The Morgan fingerprint density at radius 2 is 2.00 bits per heavy atom. The molecule has 2 rings (SSSR count). The van der Waals surface area contributed by atoms with E-state index in [2.05, 4.69) is 20.5 Å². The van der Waals surface area contributed by atoms with Gasteiger partial charge in [0.05, 0.1) is 0 Å². The predicted molar refractivity (Wildman–Crippen MR) is 72.4 cm³/mol. The van der Waals surface area contributed by atoms with E-state index in [0.29, 0.717) is 10.8 Å². The first-order valence-electron chi connectivity index (χ1n) is 5.49. The topological polar surface area (TPSA) is 108 Å². The summed E-state index contributed by atoms with van der Waals surface area (Å²) in [5.74, 6) is -1.66. The number of rotatable bonds is 5. The molecule has 0 aliphatic rings. The number of aliphatic carboxylic acids is 1. The van der Waals surface area contributed by atoms with Crippen LogP contribution in [0.5, 0.6) is 0 Å². The molecule has 0 unspecified atom stereocenters. The average Bonchev–Trinajstić information content (AvgIpc) is 2.92. The molecular weight excluding hydrogens is 280 g/mol. The SMILES string of the molecule is O=C(O)/C=C/C(=O)Nc1ccc(Sc2ncn[nH]2)cc1. The van der Waals surface area contributed by atoms with E-state index in [4.69, 9.17) is 5.11 Å². The molecule has 1 aromatic heterocycles. The number of carboxylic acid groups (broad SMARTS) is 1. The number of hydrogen-bond donors (Lipinski definition) is 3. The van der Waals surface area contributed by atoms with Crippen molar-refractivity contribution in [3.63, 3.8) is 0 Å². The first kappa shape index (κ1) is 13.8. The molecule has 8 heteroatoms. The Balaban J connectivity index is 1.94. The maximum atomic E-state index is 11.4. The predicted octanol–water partition coefficient (Wildman–Crippen LogP) is 1.54. The van der Waals surface area contributed by atoms with Crippen LogP contribution in [0.4, 0.5) is 5.69 Å². The van der Waals surface area contributed by atoms with Gasteiger partial charge in [0, 0.05) is 22.7 Å². The van der Waals surface area contributed by atoms with Crippen LogP contribution < -0.4 is 5.32 Å². The normalized spacial score (nSPS) is 10.6. The smallest absolute Gasteiger partial charge is 0.328 e. The number of carbonyl (C=O) groups is 2. The van der Waals surface area contributed by atoms with E-state index in [-0.39, 0.29) is 0 Å². The summed E-state index contributed by atoms with van der Waals surface area (Å²) >= 11 is 1.40. The molecule has 0 saturated heterocycles. The van der Waals surface area contributed by atoms with Crippen LogP contribution in [0.25, 0.3) is 0 Å². The maximum absolute atomic E-state index is 11.4. The molecule has 0 spiro atoms. The standard InChI is InChI=1S/C12H10N4O3S/c17-10(5-6-11(18)19)15-8-1-3-9(4-2-8)20-12-13-7-14-16-12/h1-7H,(H,15,17)(H,18,19)(H,13,14,16)/b6-5+. The van der Waals surface area contributed by atoms with Crippen molar-refractivity contribution in [2.45, 2.75) is 10.1 Å². The van der Waals surface area contributed by atoms with Crippen LogP contribution in [0.2, 0.25) is 0 Å². The number of amides is 1. The summed E-state index contributed by atoms with van der Waals surface area (Å²) < 4.78 is 0. The highest BCUT2D eigenvalue weighted by molar-refractivity contribution is 7.99. The molecule has 0 atom stereocenters. The number of aromatic amines is 1.